The molecule has 0 heterocycles. The Morgan fingerprint density at radius 2 is 2.24 bits per heavy atom. The molecular formula is C13H27NO2S. The van der Waals surface area contributed by atoms with Crippen molar-refractivity contribution in [2.24, 2.45) is 0 Å². The van der Waals surface area contributed by atoms with Gasteiger partial charge in [-0.3, -0.25) is 4.21 Å². The summed E-state index contributed by atoms with van der Waals surface area (Å²) in [6, 6.07) is 0.597. The molecule has 0 saturated heterocycles. The molecule has 0 aromatic rings. The summed E-state index contributed by atoms with van der Waals surface area (Å²) in [6.45, 7) is 4.01. The van der Waals surface area contributed by atoms with Gasteiger partial charge < -0.3 is 10.1 Å². The molecule has 1 aliphatic carbocycles. The van der Waals surface area contributed by atoms with Crippen molar-refractivity contribution in [2.75, 3.05) is 26.0 Å². The minimum atomic E-state index is -0.654. The maximum atomic E-state index is 12.1. The van der Waals surface area contributed by atoms with Crippen LogP contribution in [0.1, 0.15) is 45.4 Å². The highest BCUT2D eigenvalue weighted by atomic mass is 32.2. The van der Waals surface area contributed by atoms with E-state index in [9.17, 15) is 4.21 Å². The first-order valence-electron chi connectivity index (χ1n) is 6.87. The van der Waals surface area contributed by atoms with Gasteiger partial charge in [-0.25, -0.2) is 0 Å². The average molecular weight is 261 g/mol. The predicted octanol–water partition coefficient (Wildman–Crippen LogP) is 2.08. The third-order valence-electron chi connectivity index (χ3n) is 3.37. The Hall–Kier alpha value is 0.0700. The average Bonchev–Trinajstić information content (AvgIpc) is 2.37. The van der Waals surface area contributed by atoms with E-state index in [1.54, 1.807) is 7.11 Å². The van der Waals surface area contributed by atoms with E-state index in [2.05, 4.69) is 12.2 Å². The first-order chi connectivity index (χ1) is 8.27. The molecule has 0 bridgehead atoms. The third-order valence-corrected chi connectivity index (χ3v) is 5.24. The minimum absolute atomic E-state index is 0.412. The zero-order chi connectivity index (χ0) is 12.5. The van der Waals surface area contributed by atoms with E-state index in [4.69, 9.17) is 4.74 Å². The number of hydrogen-bond donors (Lipinski definition) is 1. The van der Waals surface area contributed by atoms with Crippen LogP contribution in [0.15, 0.2) is 0 Å². The van der Waals surface area contributed by atoms with E-state index >= 15 is 0 Å². The van der Waals surface area contributed by atoms with Crippen LogP contribution in [-0.4, -0.2) is 41.5 Å². The van der Waals surface area contributed by atoms with Crippen molar-refractivity contribution in [2.45, 2.75) is 56.7 Å². The smallest absolute Gasteiger partial charge is 0.0471 e. The van der Waals surface area contributed by atoms with Gasteiger partial charge in [0.15, 0.2) is 0 Å². The standard InChI is InChI=1S/C13H27NO2S/c1-3-8-14-12-6-4-7-13(11-12)17(15)10-5-9-16-2/h12-14H,3-11H2,1-2H3. The highest BCUT2D eigenvalue weighted by Gasteiger charge is 2.25. The Morgan fingerprint density at radius 3 is 2.94 bits per heavy atom. The first-order valence-corrected chi connectivity index (χ1v) is 8.25. The Morgan fingerprint density at radius 1 is 1.41 bits per heavy atom. The van der Waals surface area contributed by atoms with Gasteiger partial charge in [-0.15, -0.1) is 0 Å². The molecule has 0 spiro atoms. The van der Waals surface area contributed by atoms with Gasteiger partial charge in [0.25, 0.3) is 0 Å². The molecule has 3 atom stereocenters. The lowest BCUT2D eigenvalue weighted by Gasteiger charge is -2.29. The van der Waals surface area contributed by atoms with Gasteiger partial charge in [-0.05, 0) is 38.6 Å². The van der Waals surface area contributed by atoms with E-state index in [1.807, 2.05) is 0 Å². The van der Waals surface area contributed by atoms with Gasteiger partial charge >= 0.3 is 0 Å². The van der Waals surface area contributed by atoms with Crippen molar-refractivity contribution in [1.82, 2.24) is 5.32 Å². The van der Waals surface area contributed by atoms with Crippen LogP contribution in [0.3, 0.4) is 0 Å². The summed E-state index contributed by atoms with van der Waals surface area (Å²) in [5.41, 5.74) is 0. The SMILES string of the molecule is CCCNC1CCCC(S(=O)CCCOC)C1. The fourth-order valence-electron chi connectivity index (χ4n) is 2.43. The van der Waals surface area contributed by atoms with Crippen molar-refractivity contribution < 1.29 is 8.95 Å². The number of nitrogens with one attached hydrogen (secondary N) is 1. The number of methoxy groups -OCH3 is 1. The molecule has 3 nitrogen and oxygen atoms in total. The fourth-order valence-corrected chi connectivity index (χ4v) is 4.04. The predicted molar refractivity (Wildman–Crippen MR) is 73.8 cm³/mol. The van der Waals surface area contributed by atoms with Gasteiger partial charge in [0.05, 0.1) is 0 Å². The zero-order valence-electron chi connectivity index (χ0n) is 11.2. The second-order valence-corrected chi connectivity index (χ2v) is 6.71. The maximum absolute atomic E-state index is 12.1. The topological polar surface area (TPSA) is 38.3 Å². The molecule has 0 amide bonds. The molecule has 0 aromatic heterocycles. The van der Waals surface area contributed by atoms with Crippen molar-refractivity contribution in [3.05, 3.63) is 0 Å². The van der Waals surface area contributed by atoms with Crippen molar-refractivity contribution in [3.63, 3.8) is 0 Å². The van der Waals surface area contributed by atoms with Crippen LogP contribution in [0, 0.1) is 0 Å². The second kappa shape index (κ2) is 9.06. The summed E-state index contributed by atoms with van der Waals surface area (Å²) in [5.74, 6) is 0.805. The number of ether oxygens (including phenoxy) is 1. The van der Waals surface area contributed by atoms with Crippen LogP contribution in [0.4, 0.5) is 0 Å². The van der Waals surface area contributed by atoms with Gasteiger partial charge in [-0.2, -0.15) is 0 Å². The normalized spacial score (nSPS) is 26.9. The zero-order valence-corrected chi connectivity index (χ0v) is 12.1. The van der Waals surface area contributed by atoms with E-state index in [0.717, 1.165) is 38.2 Å². The molecule has 3 unspecified atom stereocenters. The van der Waals surface area contributed by atoms with Crippen LogP contribution in [-0.2, 0) is 15.5 Å². The molecule has 0 aliphatic heterocycles. The van der Waals surface area contributed by atoms with Gasteiger partial charge in [0, 0.05) is 41.6 Å². The molecule has 1 rings (SSSR count). The van der Waals surface area contributed by atoms with Gasteiger partial charge in [0.2, 0.25) is 0 Å². The van der Waals surface area contributed by atoms with Crippen LogP contribution in [0.2, 0.25) is 0 Å². The summed E-state index contributed by atoms with van der Waals surface area (Å²) in [7, 11) is 1.05. The molecule has 1 N–H and O–H groups in total. The number of hydrogen-bond acceptors (Lipinski definition) is 3. The van der Waals surface area contributed by atoms with Crippen molar-refractivity contribution in [3.8, 4) is 0 Å². The van der Waals surface area contributed by atoms with Gasteiger partial charge in [-0.1, -0.05) is 13.3 Å². The summed E-state index contributed by atoms with van der Waals surface area (Å²) in [4.78, 5) is 0. The lowest BCUT2D eigenvalue weighted by Crippen LogP contribution is -2.38. The molecule has 1 aliphatic rings. The van der Waals surface area contributed by atoms with E-state index in [-0.39, 0.29) is 0 Å². The highest BCUT2D eigenvalue weighted by Crippen LogP contribution is 2.23. The summed E-state index contributed by atoms with van der Waals surface area (Å²) >= 11 is 0. The molecule has 1 saturated carbocycles. The summed E-state index contributed by atoms with van der Waals surface area (Å²) < 4.78 is 17.1. The van der Waals surface area contributed by atoms with E-state index in [1.165, 1.54) is 19.3 Å². The molecule has 1 fully saturated rings. The second-order valence-electron chi connectivity index (χ2n) is 4.87. The Kier molecular flexibility index (Phi) is 8.06. The number of rotatable bonds is 8. The molecule has 0 aromatic carbocycles. The lowest BCUT2D eigenvalue weighted by molar-refractivity contribution is 0.200. The third kappa shape index (κ3) is 5.98. The molecule has 0 radical (unpaired) electrons. The molecular weight excluding hydrogens is 234 g/mol. The van der Waals surface area contributed by atoms with E-state index in [0.29, 0.717) is 11.3 Å². The van der Waals surface area contributed by atoms with Crippen LogP contribution in [0.25, 0.3) is 0 Å². The monoisotopic (exact) mass is 261 g/mol. The van der Waals surface area contributed by atoms with Crippen LogP contribution in [0.5, 0.6) is 0 Å². The maximum Gasteiger partial charge on any atom is 0.0471 e. The van der Waals surface area contributed by atoms with Crippen molar-refractivity contribution >= 4 is 10.8 Å². The van der Waals surface area contributed by atoms with Crippen LogP contribution >= 0.6 is 0 Å². The van der Waals surface area contributed by atoms with Crippen LogP contribution < -0.4 is 5.32 Å². The minimum Gasteiger partial charge on any atom is -0.385 e. The molecule has 17 heavy (non-hydrogen) atoms. The Labute approximate surface area is 108 Å². The molecule has 102 valence electrons. The first kappa shape index (κ1) is 15.1. The Balaban J connectivity index is 2.25. The molecule has 4 heteroatoms. The summed E-state index contributed by atoms with van der Waals surface area (Å²) in [5, 5.41) is 3.98. The summed E-state index contributed by atoms with van der Waals surface area (Å²) in [6.07, 6.45) is 6.82. The van der Waals surface area contributed by atoms with Gasteiger partial charge in [0.1, 0.15) is 0 Å². The van der Waals surface area contributed by atoms with Crippen molar-refractivity contribution in [1.29, 1.82) is 0 Å². The quantitative estimate of drug-likeness (QED) is 0.680. The Bertz CT molecular complexity index is 223. The largest absolute Gasteiger partial charge is 0.385 e. The highest BCUT2D eigenvalue weighted by molar-refractivity contribution is 7.85. The lowest BCUT2D eigenvalue weighted by atomic mass is 9.95. The van der Waals surface area contributed by atoms with E-state index < -0.39 is 10.8 Å². The fraction of sp³-hybridized carbons (Fsp3) is 1.00.